The summed E-state index contributed by atoms with van der Waals surface area (Å²) in [6.07, 6.45) is 3.22. The van der Waals surface area contributed by atoms with Gasteiger partial charge in [-0.3, -0.25) is 4.98 Å². The van der Waals surface area contributed by atoms with Gasteiger partial charge < -0.3 is 9.84 Å². The zero-order valence-corrected chi connectivity index (χ0v) is 12.3. The Morgan fingerprint density at radius 2 is 2.19 bits per heavy atom. The van der Waals surface area contributed by atoms with Crippen molar-refractivity contribution < 1.29 is 14.6 Å². The number of pyridine rings is 1. The highest BCUT2D eigenvalue weighted by Gasteiger charge is 2.21. The predicted octanol–water partition coefficient (Wildman–Crippen LogP) is 1.85. The van der Waals surface area contributed by atoms with E-state index in [-0.39, 0.29) is 11.3 Å². The van der Waals surface area contributed by atoms with Gasteiger partial charge in [-0.05, 0) is 32.9 Å². The third kappa shape index (κ3) is 3.85. The van der Waals surface area contributed by atoms with Crippen molar-refractivity contribution in [3.8, 4) is 11.3 Å². The van der Waals surface area contributed by atoms with Crippen LogP contribution in [0.5, 0.6) is 0 Å². The van der Waals surface area contributed by atoms with Crippen LogP contribution in [0.15, 0.2) is 24.5 Å². The van der Waals surface area contributed by atoms with Gasteiger partial charge in [0.25, 0.3) is 0 Å². The molecule has 0 fully saturated rings. The lowest BCUT2D eigenvalue weighted by atomic mass is 10.1. The Kier molecular flexibility index (Phi) is 4.32. The van der Waals surface area contributed by atoms with Gasteiger partial charge in [0.2, 0.25) is 0 Å². The number of ether oxygens (including phenoxy) is 1. The summed E-state index contributed by atoms with van der Waals surface area (Å²) in [7, 11) is 0. The second kappa shape index (κ2) is 6.01. The molecule has 2 heterocycles. The van der Waals surface area contributed by atoms with Crippen LogP contribution in [0.2, 0.25) is 0 Å². The molecule has 7 heteroatoms. The number of aromatic carboxylic acids is 1. The lowest BCUT2D eigenvalue weighted by Crippen LogP contribution is -2.22. The van der Waals surface area contributed by atoms with E-state index in [4.69, 9.17) is 4.74 Å². The number of nitrogens with zero attached hydrogens (tertiary/aromatic N) is 4. The maximum Gasteiger partial charge on any atom is 0.358 e. The Balaban J connectivity index is 2.28. The Morgan fingerprint density at radius 1 is 1.43 bits per heavy atom. The van der Waals surface area contributed by atoms with Crippen molar-refractivity contribution in [3.63, 3.8) is 0 Å². The summed E-state index contributed by atoms with van der Waals surface area (Å²) < 4.78 is 7.18. The van der Waals surface area contributed by atoms with Crippen molar-refractivity contribution in [1.29, 1.82) is 0 Å². The SMILES string of the molecule is CC(C)(C)OCCn1nnc(C(=O)O)c1-c1cccnc1. The first-order valence-corrected chi connectivity index (χ1v) is 6.59. The molecule has 2 aromatic rings. The fourth-order valence-corrected chi connectivity index (χ4v) is 1.84. The van der Waals surface area contributed by atoms with Crippen LogP contribution in [0.25, 0.3) is 11.3 Å². The molecule has 0 bridgehead atoms. The van der Waals surface area contributed by atoms with E-state index in [9.17, 15) is 9.90 Å². The van der Waals surface area contributed by atoms with Crippen molar-refractivity contribution >= 4 is 5.97 Å². The Morgan fingerprint density at radius 3 is 2.76 bits per heavy atom. The Hall–Kier alpha value is -2.28. The monoisotopic (exact) mass is 290 g/mol. The molecule has 21 heavy (non-hydrogen) atoms. The molecule has 2 aromatic heterocycles. The van der Waals surface area contributed by atoms with Gasteiger partial charge in [0.05, 0.1) is 18.8 Å². The van der Waals surface area contributed by atoms with Crippen LogP contribution < -0.4 is 0 Å². The summed E-state index contributed by atoms with van der Waals surface area (Å²) in [5, 5.41) is 16.9. The quantitative estimate of drug-likeness (QED) is 0.903. The molecular formula is C14H18N4O3. The zero-order chi connectivity index (χ0) is 15.5. The number of hydrogen-bond donors (Lipinski definition) is 1. The molecule has 1 N–H and O–H groups in total. The fourth-order valence-electron chi connectivity index (χ4n) is 1.84. The van der Waals surface area contributed by atoms with Gasteiger partial charge in [0.1, 0.15) is 5.69 Å². The van der Waals surface area contributed by atoms with Gasteiger partial charge in [-0.2, -0.15) is 0 Å². The van der Waals surface area contributed by atoms with E-state index < -0.39 is 5.97 Å². The molecule has 2 rings (SSSR count). The largest absolute Gasteiger partial charge is 0.476 e. The molecular weight excluding hydrogens is 272 g/mol. The van der Waals surface area contributed by atoms with Crippen LogP contribution in [0.3, 0.4) is 0 Å². The first kappa shape index (κ1) is 15.1. The summed E-state index contributed by atoms with van der Waals surface area (Å²) in [4.78, 5) is 15.3. The van der Waals surface area contributed by atoms with E-state index in [1.54, 1.807) is 24.5 Å². The molecule has 0 unspecified atom stereocenters. The minimum absolute atomic E-state index is 0.0845. The minimum Gasteiger partial charge on any atom is -0.476 e. The highest BCUT2D eigenvalue weighted by Crippen LogP contribution is 2.21. The molecule has 7 nitrogen and oxygen atoms in total. The smallest absolute Gasteiger partial charge is 0.358 e. The average molecular weight is 290 g/mol. The summed E-state index contributed by atoms with van der Waals surface area (Å²) in [6, 6.07) is 3.52. The first-order valence-electron chi connectivity index (χ1n) is 6.59. The van der Waals surface area contributed by atoms with Crippen molar-refractivity contribution in [1.82, 2.24) is 20.0 Å². The minimum atomic E-state index is -1.11. The Bertz CT molecular complexity index is 617. The van der Waals surface area contributed by atoms with Gasteiger partial charge >= 0.3 is 5.97 Å². The lowest BCUT2D eigenvalue weighted by Gasteiger charge is -2.19. The molecule has 0 spiro atoms. The highest BCUT2D eigenvalue weighted by atomic mass is 16.5. The molecule has 0 aromatic carbocycles. The van der Waals surface area contributed by atoms with E-state index >= 15 is 0 Å². The van der Waals surface area contributed by atoms with Crippen LogP contribution in [0.4, 0.5) is 0 Å². The highest BCUT2D eigenvalue weighted by molar-refractivity contribution is 5.92. The summed E-state index contributed by atoms with van der Waals surface area (Å²) in [5.41, 5.74) is 0.757. The number of rotatable bonds is 5. The lowest BCUT2D eigenvalue weighted by molar-refractivity contribution is -0.00791. The predicted molar refractivity (Wildman–Crippen MR) is 75.9 cm³/mol. The van der Waals surface area contributed by atoms with E-state index in [2.05, 4.69) is 15.3 Å². The van der Waals surface area contributed by atoms with E-state index in [1.165, 1.54) is 4.68 Å². The van der Waals surface area contributed by atoms with Gasteiger partial charge in [0.15, 0.2) is 5.69 Å². The van der Waals surface area contributed by atoms with Gasteiger partial charge in [-0.1, -0.05) is 5.21 Å². The van der Waals surface area contributed by atoms with Crippen LogP contribution in [0.1, 0.15) is 31.3 Å². The fraction of sp³-hybridized carbons (Fsp3) is 0.429. The van der Waals surface area contributed by atoms with Crippen LogP contribution in [0, 0.1) is 0 Å². The number of aromatic nitrogens is 4. The van der Waals surface area contributed by atoms with Crippen molar-refractivity contribution in [2.75, 3.05) is 6.61 Å². The molecule has 0 saturated carbocycles. The van der Waals surface area contributed by atoms with Crippen LogP contribution in [-0.4, -0.2) is 43.3 Å². The topological polar surface area (TPSA) is 90.1 Å². The molecule has 112 valence electrons. The second-order valence-corrected chi connectivity index (χ2v) is 5.52. The van der Waals surface area contributed by atoms with Crippen molar-refractivity contribution in [2.24, 2.45) is 0 Å². The summed E-state index contributed by atoms with van der Waals surface area (Å²) >= 11 is 0. The van der Waals surface area contributed by atoms with Crippen LogP contribution >= 0.6 is 0 Å². The molecule has 0 aliphatic rings. The standard InChI is InChI=1S/C14H18N4O3/c1-14(2,3)21-8-7-18-12(10-5-4-6-15-9-10)11(13(19)20)16-17-18/h4-6,9H,7-8H2,1-3H3,(H,19,20). The molecule has 0 atom stereocenters. The van der Waals surface area contributed by atoms with E-state index in [0.717, 1.165) is 0 Å². The van der Waals surface area contributed by atoms with E-state index in [0.29, 0.717) is 24.4 Å². The van der Waals surface area contributed by atoms with Crippen molar-refractivity contribution in [3.05, 3.63) is 30.2 Å². The zero-order valence-electron chi connectivity index (χ0n) is 12.3. The number of carboxylic acids is 1. The maximum atomic E-state index is 11.3. The summed E-state index contributed by atoms with van der Waals surface area (Å²) in [6.45, 7) is 6.71. The molecule has 0 radical (unpaired) electrons. The first-order chi connectivity index (χ1) is 9.88. The molecule has 0 aliphatic heterocycles. The number of carboxylic acid groups (broad SMARTS) is 1. The van der Waals surface area contributed by atoms with Gasteiger partial charge in [-0.15, -0.1) is 5.10 Å². The molecule has 0 saturated heterocycles. The normalized spacial score (nSPS) is 11.6. The van der Waals surface area contributed by atoms with Crippen molar-refractivity contribution in [2.45, 2.75) is 32.9 Å². The summed E-state index contributed by atoms with van der Waals surface area (Å²) in [5.74, 6) is -1.11. The number of carbonyl (C=O) groups is 1. The van der Waals surface area contributed by atoms with E-state index in [1.807, 2.05) is 20.8 Å². The second-order valence-electron chi connectivity index (χ2n) is 5.52. The molecule has 0 amide bonds. The Labute approximate surface area is 122 Å². The third-order valence-electron chi connectivity index (χ3n) is 2.71. The third-order valence-corrected chi connectivity index (χ3v) is 2.71. The average Bonchev–Trinajstić information content (AvgIpc) is 2.82. The van der Waals surface area contributed by atoms with Gasteiger partial charge in [-0.25, -0.2) is 9.48 Å². The molecule has 0 aliphatic carbocycles. The van der Waals surface area contributed by atoms with Crippen LogP contribution in [-0.2, 0) is 11.3 Å². The van der Waals surface area contributed by atoms with Gasteiger partial charge in [0, 0.05) is 18.0 Å². The number of hydrogen-bond acceptors (Lipinski definition) is 5. The maximum absolute atomic E-state index is 11.3.